The molecule has 0 bridgehead atoms. The number of rotatable bonds is 8. The van der Waals surface area contributed by atoms with Crippen LogP contribution in [0.15, 0.2) is 63.9 Å². The fourth-order valence-corrected chi connectivity index (χ4v) is 3.69. The molecule has 0 fully saturated rings. The zero-order valence-corrected chi connectivity index (χ0v) is 17.6. The first-order valence-corrected chi connectivity index (χ1v) is 10.7. The van der Waals surface area contributed by atoms with Gasteiger partial charge in [0.15, 0.2) is 13.1 Å². The van der Waals surface area contributed by atoms with Gasteiger partial charge in [0.2, 0.25) is 0 Å². The first-order chi connectivity index (χ1) is 14.0. The Kier molecular flexibility index (Phi) is 6.95. The third-order valence-electron chi connectivity index (χ3n) is 4.55. The molecule has 1 heterocycles. The number of fused-ring (bicyclic) bond motifs is 1. The number of benzene rings is 2. The highest BCUT2D eigenvalue weighted by Gasteiger charge is 2.19. The molecule has 1 unspecified atom stereocenters. The van der Waals surface area contributed by atoms with E-state index in [1.54, 1.807) is 11.8 Å². The summed E-state index contributed by atoms with van der Waals surface area (Å²) in [4.78, 5) is 26.5. The monoisotopic (exact) mass is 412 g/mol. The molecule has 2 atom stereocenters. The van der Waals surface area contributed by atoms with Crippen LogP contribution < -0.4 is 15.5 Å². The lowest BCUT2D eigenvalue weighted by Gasteiger charge is -2.16. The molecule has 0 aliphatic rings. The molecular formula is C22H26N3O3S+. The topological polar surface area (TPSA) is 75.8 Å². The minimum atomic E-state index is -0.245. The van der Waals surface area contributed by atoms with Crippen LogP contribution in [-0.4, -0.2) is 38.2 Å². The molecule has 0 saturated carbocycles. The van der Waals surface area contributed by atoms with E-state index in [1.807, 2.05) is 74.8 Å². The fourth-order valence-electron chi connectivity index (χ4n) is 3.13. The van der Waals surface area contributed by atoms with E-state index < -0.39 is 0 Å². The van der Waals surface area contributed by atoms with E-state index >= 15 is 0 Å². The quantitative estimate of drug-likeness (QED) is 0.497. The highest BCUT2D eigenvalue weighted by Crippen LogP contribution is 2.24. The number of anilines is 1. The summed E-state index contributed by atoms with van der Waals surface area (Å²) in [5.41, 5.74) is 1.59. The molecule has 29 heavy (non-hydrogen) atoms. The van der Waals surface area contributed by atoms with Gasteiger partial charge >= 0.3 is 0 Å². The molecule has 152 valence electrons. The van der Waals surface area contributed by atoms with Crippen LogP contribution in [0.1, 0.15) is 18.7 Å². The first-order valence-electron chi connectivity index (χ1n) is 9.48. The summed E-state index contributed by atoms with van der Waals surface area (Å²) in [6.45, 7) is 2.29. The van der Waals surface area contributed by atoms with Gasteiger partial charge in [-0.15, -0.1) is 11.8 Å². The van der Waals surface area contributed by atoms with Crippen LogP contribution in [0, 0.1) is 0 Å². The molecule has 3 rings (SSSR count). The lowest BCUT2D eigenvalue weighted by molar-refractivity contribution is -0.862. The number of para-hydroxylation sites is 2. The number of carbonyl (C=O) groups is 2. The number of hydrogen-bond donors (Lipinski definition) is 3. The molecule has 1 aromatic heterocycles. The third-order valence-corrected chi connectivity index (χ3v) is 5.35. The highest BCUT2D eigenvalue weighted by molar-refractivity contribution is 7.98. The van der Waals surface area contributed by atoms with Crippen molar-refractivity contribution in [3.8, 4) is 0 Å². The van der Waals surface area contributed by atoms with Crippen LogP contribution in [0.5, 0.6) is 0 Å². The van der Waals surface area contributed by atoms with Crippen LogP contribution in [0.3, 0.4) is 0 Å². The fraction of sp³-hybridized carbons (Fsp3) is 0.273. The van der Waals surface area contributed by atoms with Crippen LogP contribution >= 0.6 is 11.8 Å². The Labute approximate surface area is 174 Å². The molecule has 3 N–H and O–H groups in total. The van der Waals surface area contributed by atoms with Crippen molar-refractivity contribution in [1.82, 2.24) is 5.32 Å². The van der Waals surface area contributed by atoms with Crippen LogP contribution in [0.2, 0.25) is 0 Å². The van der Waals surface area contributed by atoms with Crippen molar-refractivity contribution in [3.05, 3.63) is 60.4 Å². The van der Waals surface area contributed by atoms with Gasteiger partial charge in [-0.1, -0.05) is 30.3 Å². The van der Waals surface area contributed by atoms with Gasteiger partial charge in [-0.25, -0.2) is 0 Å². The maximum atomic E-state index is 12.4. The molecule has 7 heteroatoms. The zero-order valence-electron chi connectivity index (χ0n) is 16.8. The molecule has 2 aromatic carbocycles. The molecular weight excluding hydrogens is 386 g/mol. The Balaban J connectivity index is 1.50. The SMILES string of the molecule is CSc1ccccc1NC(=O)C[NH+](C)CC(=O)N[C@@H](C)c1cc2ccccc2o1. The second-order valence-corrected chi connectivity index (χ2v) is 7.88. The van der Waals surface area contributed by atoms with E-state index in [2.05, 4.69) is 10.6 Å². The van der Waals surface area contributed by atoms with Gasteiger partial charge in [0.05, 0.1) is 18.8 Å². The summed E-state index contributed by atoms with van der Waals surface area (Å²) < 4.78 is 5.80. The Hall–Kier alpha value is -2.77. The second-order valence-electron chi connectivity index (χ2n) is 7.03. The van der Waals surface area contributed by atoms with E-state index in [0.717, 1.165) is 26.5 Å². The average molecular weight is 413 g/mol. The lowest BCUT2D eigenvalue weighted by atomic mass is 10.2. The third kappa shape index (κ3) is 5.62. The Morgan fingerprint density at radius 3 is 2.52 bits per heavy atom. The number of hydrogen-bond acceptors (Lipinski definition) is 4. The van der Waals surface area contributed by atoms with Crippen LogP contribution in [-0.2, 0) is 9.59 Å². The van der Waals surface area contributed by atoms with Gasteiger partial charge in [0, 0.05) is 10.3 Å². The lowest BCUT2D eigenvalue weighted by Crippen LogP contribution is -3.11. The molecule has 0 radical (unpaired) electrons. The molecule has 3 aromatic rings. The average Bonchev–Trinajstić information content (AvgIpc) is 3.12. The normalized spacial score (nSPS) is 13.1. The Morgan fingerprint density at radius 2 is 1.76 bits per heavy atom. The highest BCUT2D eigenvalue weighted by atomic mass is 32.2. The van der Waals surface area contributed by atoms with E-state index in [9.17, 15) is 9.59 Å². The van der Waals surface area contributed by atoms with E-state index in [1.165, 1.54) is 0 Å². The predicted molar refractivity (Wildman–Crippen MR) is 116 cm³/mol. The molecule has 0 spiro atoms. The van der Waals surface area contributed by atoms with Crippen molar-refractivity contribution in [2.75, 3.05) is 31.7 Å². The summed E-state index contributed by atoms with van der Waals surface area (Å²) >= 11 is 1.58. The minimum absolute atomic E-state index is 0.123. The number of thioether (sulfide) groups is 1. The predicted octanol–water partition coefficient (Wildman–Crippen LogP) is 2.49. The van der Waals surface area contributed by atoms with Crippen molar-refractivity contribution in [2.24, 2.45) is 0 Å². The van der Waals surface area contributed by atoms with Gasteiger partial charge < -0.3 is 20.0 Å². The molecule has 6 nitrogen and oxygen atoms in total. The van der Waals surface area contributed by atoms with Gasteiger partial charge in [0.1, 0.15) is 11.3 Å². The summed E-state index contributed by atoms with van der Waals surface area (Å²) in [7, 11) is 1.82. The molecule has 2 amide bonds. The van der Waals surface area contributed by atoms with Crippen molar-refractivity contribution in [1.29, 1.82) is 0 Å². The summed E-state index contributed by atoms with van der Waals surface area (Å²) in [5.74, 6) is 0.457. The molecule has 0 aliphatic carbocycles. The maximum absolute atomic E-state index is 12.4. The summed E-state index contributed by atoms with van der Waals surface area (Å²) in [6.07, 6.45) is 1.97. The molecule has 0 aliphatic heterocycles. The second kappa shape index (κ2) is 9.62. The van der Waals surface area contributed by atoms with Crippen molar-refractivity contribution in [3.63, 3.8) is 0 Å². The van der Waals surface area contributed by atoms with E-state index in [0.29, 0.717) is 5.76 Å². The maximum Gasteiger partial charge on any atom is 0.279 e. The smallest absolute Gasteiger partial charge is 0.279 e. The minimum Gasteiger partial charge on any atom is -0.459 e. The van der Waals surface area contributed by atoms with E-state index in [4.69, 9.17) is 4.42 Å². The van der Waals surface area contributed by atoms with Crippen molar-refractivity contribution in [2.45, 2.75) is 17.9 Å². The first kappa shape index (κ1) is 21.0. The van der Waals surface area contributed by atoms with Crippen molar-refractivity contribution >= 4 is 40.2 Å². The Bertz CT molecular complexity index is 969. The summed E-state index contributed by atoms with van der Waals surface area (Å²) in [6, 6.07) is 17.1. The number of amides is 2. The van der Waals surface area contributed by atoms with E-state index in [-0.39, 0.29) is 30.9 Å². The Morgan fingerprint density at radius 1 is 1.07 bits per heavy atom. The van der Waals surface area contributed by atoms with Crippen LogP contribution in [0.25, 0.3) is 11.0 Å². The standard InChI is InChI=1S/C22H25N3O3S/c1-15(19-12-16-8-4-6-10-18(16)28-19)23-21(26)13-25(2)14-22(27)24-17-9-5-7-11-20(17)29-3/h4-12,15H,13-14H2,1-3H3,(H,23,26)(H,24,27)/p+1/t15-/m0/s1. The van der Waals surface area contributed by atoms with Gasteiger partial charge in [-0.2, -0.15) is 0 Å². The largest absolute Gasteiger partial charge is 0.459 e. The number of nitrogens with one attached hydrogen (secondary N) is 3. The number of quaternary nitrogens is 1. The number of carbonyl (C=O) groups excluding carboxylic acids is 2. The van der Waals surface area contributed by atoms with Crippen molar-refractivity contribution < 1.29 is 18.9 Å². The van der Waals surface area contributed by atoms with Crippen LogP contribution in [0.4, 0.5) is 5.69 Å². The number of furan rings is 1. The summed E-state index contributed by atoms with van der Waals surface area (Å²) in [5, 5.41) is 6.87. The van der Waals surface area contributed by atoms with Gasteiger partial charge in [0.25, 0.3) is 11.8 Å². The van der Waals surface area contributed by atoms with Gasteiger partial charge in [-0.3, -0.25) is 9.59 Å². The number of likely N-dealkylation sites (N-methyl/N-ethyl adjacent to an activating group) is 1. The van der Waals surface area contributed by atoms with Gasteiger partial charge in [-0.05, 0) is 37.4 Å². The molecule has 0 saturated heterocycles. The zero-order chi connectivity index (χ0) is 20.8.